The highest BCUT2D eigenvalue weighted by Crippen LogP contribution is 2.35. The van der Waals surface area contributed by atoms with Crippen molar-refractivity contribution in [1.82, 2.24) is 10.6 Å². The number of amides is 1. The van der Waals surface area contributed by atoms with E-state index in [0.717, 1.165) is 18.4 Å². The Kier molecular flexibility index (Phi) is 6.21. The monoisotopic (exact) mass is 382 g/mol. The molecule has 0 aliphatic carbocycles. The van der Waals surface area contributed by atoms with Crippen molar-refractivity contribution in [3.8, 4) is 0 Å². The number of hydrogen-bond donors (Lipinski definition) is 2. The molecule has 3 fully saturated rings. The number of carbonyl (C=O) groups excluding carboxylic acids is 1. The number of nitrogens with one attached hydrogen (secondary N) is 2. The molecule has 3 heterocycles. The van der Waals surface area contributed by atoms with Gasteiger partial charge in [0.05, 0.1) is 5.54 Å². The van der Waals surface area contributed by atoms with E-state index in [0.29, 0.717) is 50.5 Å². The van der Waals surface area contributed by atoms with Crippen LogP contribution in [0.1, 0.15) is 50.5 Å². The van der Waals surface area contributed by atoms with E-state index in [2.05, 4.69) is 10.6 Å². The highest BCUT2D eigenvalue weighted by molar-refractivity contribution is 5.85. The Labute approximate surface area is 160 Å². The SMILES string of the molecule is Cl.O=C(CC1CC2CCC(C1)N2)NC1(c2cccc(F)c2)CCOCC1. The van der Waals surface area contributed by atoms with Gasteiger partial charge in [0.15, 0.2) is 0 Å². The maximum Gasteiger partial charge on any atom is 0.220 e. The summed E-state index contributed by atoms with van der Waals surface area (Å²) in [6, 6.07) is 7.82. The van der Waals surface area contributed by atoms with E-state index >= 15 is 0 Å². The van der Waals surface area contributed by atoms with Crippen molar-refractivity contribution in [1.29, 1.82) is 0 Å². The maximum absolute atomic E-state index is 13.7. The van der Waals surface area contributed by atoms with Crippen molar-refractivity contribution >= 4 is 18.3 Å². The molecule has 1 aromatic carbocycles. The summed E-state index contributed by atoms with van der Waals surface area (Å²) in [6.45, 7) is 1.18. The lowest BCUT2D eigenvalue weighted by Gasteiger charge is -2.39. The third-order valence-corrected chi connectivity index (χ3v) is 6.15. The molecule has 144 valence electrons. The molecule has 0 spiro atoms. The number of fused-ring (bicyclic) bond motifs is 2. The van der Waals surface area contributed by atoms with Crippen molar-refractivity contribution in [3.63, 3.8) is 0 Å². The molecule has 3 saturated heterocycles. The zero-order chi connectivity index (χ0) is 17.3. The number of hydrogen-bond acceptors (Lipinski definition) is 3. The first-order valence-electron chi connectivity index (χ1n) is 9.54. The van der Waals surface area contributed by atoms with Gasteiger partial charge in [-0.05, 0) is 62.1 Å². The Balaban J connectivity index is 0.00000196. The molecule has 26 heavy (non-hydrogen) atoms. The fourth-order valence-electron chi connectivity index (χ4n) is 4.91. The average molecular weight is 383 g/mol. The van der Waals surface area contributed by atoms with Gasteiger partial charge < -0.3 is 15.4 Å². The predicted molar refractivity (Wildman–Crippen MR) is 101 cm³/mol. The first-order valence-corrected chi connectivity index (χ1v) is 9.54. The van der Waals surface area contributed by atoms with Gasteiger partial charge in [-0.1, -0.05) is 12.1 Å². The third-order valence-electron chi connectivity index (χ3n) is 6.15. The number of carbonyl (C=O) groups is 1. The standard InChI is InChI=1S/C20H27FN2O2.ClH/c21-16-3-1-2-15(13-16)20(6-8-25-9-7-20)23-19(24)12-14-10-17-4-5-18(11-14)22-17;/h1-3,13-14,17-18,22H,4-12H2,(H,23,24);1H. The van der Waals surface area contributed by atoms with E-state index in [4.69, 9.17) is 4.74 Å². The topological polar surface area (TPSA) is 50.4 Å². The van der Waals surface area contributed by atoms with Crippen LogP contribution in [0.3, 0.4) is 0 Å². The normalized spacial score (nSPS) is 29.7. The molecule has 0 saturated carbocycles. The largest absolute Gasteiger partial charge is 0.381 e. The molecule has 1 amide bonds. The molecule has 3 aliphatic heterocycles. The fourth-order valence-corrected chi connectivity index (χ4v) is 4.91. The molecular formula is C20H28ClFN2O2. The molecule has 6 heteroatoms. The number of benzene rings is 1. The summed E-state index contributed by atoms with van der Waals surface area (Å²) >= 11 is 0. The quantitative estimate of drug-likeness (QED) is 0.840. The number of piperidine rings is 1. The van der Waals surface area contributed by atoms with Gasteiger partial charge in [0.25, 0.3) is 0 Å². The van der Waals surface area contributed by atoms with Crippen molar-refractivity contribution in [2.75, 3.05) is 13.2 Å². The summed E-state index contributed by atoms with van der Waals surface area (Å²) in [5.74, 6) is 0.299. The van der Waals surface area contributed by atoms with Crippen LogP contribution in [0.5, 0.6) is 0 Å². The minimum absolute atomic E-state index is 0. The summed E-state index contributed by atoms with van der Waals surface area (Å²) in [6.07, 6.45) is 6.65. The van der Waals surface area contributed by atoms with Crippen molar-refractivity contribution in [2.45, 2.75) is 62.6 Å². The van der Waals surface area contributed by atoms with Gasteiger partial charge in [-0.3, -0.25) is 4.79 Å². The molecular weight excluding hydrogens is 355 g/mol. The van der Waals surface area contributed by atoms with Gasteiger partial charge >= 0.3 is 0 Å². The molecule has 4 rings (SSSR count). The first-order chi connectivity index (χ1) is 12.1. The zero-order valence-corrected chi connectivity index (χ0v) is 15.8. The van der Waals surface area contributed by atoms with Gasteiger partial charge in [-0.25, -0.2) is 4.39 Å². The maximum atomic E-state index is 13.7. The van der Waals surface area contributed by atoms with Gasteiger partial charge in [0.2, 0.25) is 5.91 Å². The molecule has 0 radical (unpaired) electrons. The van der Waals surface area contributed by atoms with Crippen LogP contribution in [0.15, 0.2) is 24.3 Å². The summed E-state index contributed by atoms with van der Waals surface area (Å²) in [5.41, 5.74) is 0.359. The van der Waals surface area contributed by atoms with E-state index in [9.17, 15) is 9.18 Å². The van der Waals surface area contributed by atoms with Crippen LogP contribution >= 0.6 is 12.4 Å². The van der Waals surface area contributed by atoms with E-state index in [1.165, 1.54) is 18.9 Å². The van der Waals surface area contributed by atoms with Gasteiger partial charge in [0, 0.05) is 31.7 Å². The van der Waals surface area contributed by atoms with Gasteiger partial charge in [0.1, 0.15) is 5.82 Å². The molecule has 2 N–H and O–H groups in total. The Hall–Kier alpha value is -1.17. The van der Waals surface area contributed by atoms with Crippen molar-refractivity contribution in [2.24, 2.45) is 5.92 Å². The Morgan fingerprint density at radius 2 is 1.92 bits per heavy atom. The highest BCUT2D eigenvalue weighted by Gasteiger charge is 2.38. The summed E-state index contributed by atoms with van der Waals surface area (Å²) in [7, 11) is 0. The summed E-state index contributed by atoms with van der Waals surface area (Å²) < 4.78 is 19.2. The van der Waals surface area contributed by atoms with Crippen LogP contribution in [0.2, 0.25) is 0 Å². The molecule has 3 aliphatic rings. The second kappa shape index (κ2) is 8.24. The minimum Gasteiger partial charge on any atom is -0.381 e. The second-order valence-corrected chi connectivity index (χ2v) is 7.93. The van der Waals surface area contributed by atoms with Crippen LogP contribution in [0, 0.1) is 11.7 Å². The van der Waals surface area contributed by atoms with Crippen LogP contribution < -0.4 is 10.6 Å². The highest BCUT2D eigenvalue weighted by atomic mass is 35.5. The summed E-state index contributed by atoms with van der Waals surface area (Å²) in [4.78, 5) is 12.8. The lowest BCUT2D eigenvalue weighted by molar-refractivity contribution is -0.125. The van der Waals surface area contributed by atoms with Gasteiger partial charge in [-0.15, -0.1) is 12.4 Å². The molecule has 1 aromatic rings. The minimum atomic E-state index is -0.497. The Morgan fingerprint density at radius 1 is 1.23 bits per heavy atom. The Bertz CT molecular complexity index is 624. The second-order valence-electron chi connectivity index (χ2n) is 7.93. The van der Waals surface area contributed by atoms with Crippen LogP contribution in [0.4, 0.5) is 4.39 Å². The first kappa shape index (κ1) is 19.6. The lowest BCUT2D eigenvalue weighted by Crippen LogP contribution is -2.50. The van der Waals surface area contributed by atoms with Crippen molar-refractivity contribution < 1.29 is 13.9 Å². The zero-order valence-electron chi connectivity index (χ0n) is 15.0. The molecule has 2 unspecified atom stereocenters. The lowest BCUT2D eigenvalue weighted by atomic mass is 9.81. The number of ether oxygens (including phenoxy) is 1. The van der Waals surface area contributed by atoms with Crippen LogP contribution in [-0.4, -0.2) is 31.2 Å². The van der Waals surface area contributed by atoms with E-state index < -0.39 is 5.54 Å². The fraction of sp³-hybridized carbons (Fsp3) is 0.650. The molecule has 4 nitrogen and oxygen atoms in total. The average Bonchev–Trinajstić information content (AvgIpc) is 2.94. The van der Waals surface area contributed by atoms with Gasteiger partial charge in [-0.2, -0.15) is 0 Å². The van der Waals surface area contributed by atoms with Crippen LogP contribution in [-0.2, 0) is 15.1 Å². The van der Waals surface area contributed by atoms with E-state index in [1.54, 1.807) is 12.1 Å². The molecule has 0 aromatic heterocycles. The Morgan fingerprint density at radius 3 is 2.58 bits per heavy atom. The number of rotatable bonds is 4. The third kappa shape index (κ3) is 4.21. The number of halogens is 2. The van der Waals surface area contributed by atoms with E-state index in [-0.39, 0.29) is 24.1 Å². The molecule has 2 bridgehead atoms. The predicted octanol–water partition coefficient (Wildman–Crippen LogP) is 3.29. The smallest absolute Gasteiger partial charge is 0.220 e. The van der Waals surface area contributed by atoms with Crippen LogP contribution in [0.25, 0.3) is 0 Å². The van der Waals surface area contributed by atoms with E-state index in [1.807, 2.05) is 6.07 Å². The van der Waals surface area contributed by atoms with Crippen molar-refractivity contribution in [3.05, 3.63) is 35.6 Å². The summed E-state index contributed by atoms with van der Waals surface area (Å²) in [5, 5.41) is 6.89. The molecule has 2 atom stereocenters.